The molecule has 1 heterocycles. The van der Waals surface area contributed by atoms with Crippen molar-refractivity contribution < 1.29 is 4.79 Å². The zero-order chi connectivity index (χ0) is 15.7. The highest BCUT2D eigenvalue weighted by Gasteiger charge is 2.24. The Labute approximate surface area is 134 Å². The molecule has 118 valence electrons. The maximum atomic E-state index is 12.5. The fourth-order valence-electron chi connectivity index (χ4n) is 3.08. The van der Waals surface area contributed by atoms with Crippen LogP contribution in [0.2, 0.25) is 0 Å². The molecule has 1 aliphatic carbocycles. The van der Waals surface area contributed by atoms with Crippen LogP contribution >= 0.6 is 11.5 Å². The molecule has 4 nitrogen and oxygen atoms in total. The van der Waals surface area contributed by atoms with E-state index in [2.05, 4.69) is 12.2 Å². The minimum absolute atomic E-state index is 0.0480. The van der Waals surface area contributed by atoms with Crippen molar-refractivity contribution in [1.29, 1.82) is 0 Å². The van der Waals surface area contributed by atoms with E-state index in [4.69, 9.17) is 0 Å². The van der Waals surface area contributed by atoms with Gasteiger partial charge in [0.1, 0.15) is 6.04 Å². The molecule has 1 aromatic carbocycles. The van der Waals surface area contributed by atoms with Gasteiger partial charge in [0.25, 0.3) is 5.56 Å². The molecular formula is C17H22N2O2S. The highest BCUT2D eigenvalue weighted by atomic mass is 32.1. The first-order chi connectivity index (χ1) is 10.6. The number of amides is 1. The summed E-state index contributed by atoms with van der Waals surface area (Å²) < 4.78 is 2.52. The molecule has 1 saturated carbocycles. The van der Waals surface area contributed by atoms with E-state index in [-0.39, 0.29) is 17.5 Å². The van der Waals surface area contributed by atoms with Gasteiger partial charge in [-0.2, -0.15) is 0 Å². The zero-order valence-electron chi connectivity index (χ0n) is 13.0. The summed E-state index contributed by atoms with van der Waals surface area (Å²) in [4.78, 5) is 24.9. The van der Waals surface area contributed by atoms with Crippen LogP contribution in [0.4, 0.5) is 0 Å². The molecule has 3 rings (SSSR count). The number of hydrogen-bond donors (Lipinski definition) is 1. The van der Waals surface area contributed by atoms with Crippen LogP contribution in [0.5, 0.6) is 0 Å². The van der Waals surface area contributed by atoms with Gasteiger partial charge in [0, 0.05) is 6.04 Å². The number of carbonyl (C=O) groups is 1. The lowest BCUT2D eigenvalue weighted by Gasteiger charge is -2.27. The van der Waals surface area contributed by atoms with Crippen molar-refractivity contribution in [2.75, 3.05) is 0 Å². The van der Waals surface area contributed by atoms with Gasteiger partial charge in [0.05, 0.1) is 10.1 Å². The Morgan fingerprint density at radius 2 is 1.95 bits per heavy atom. The fraction of sp³-hybridized carbons (Fsp3) is 0.529. The van der Waals surface area contributed by atoms with Crippen LogP contribution in [-0.2, 0) is 4.79 Å². The molecule has 1 amide bonds. The third kappa shape index (κ3) is 2.95. The highest BCUT2D eigenvalue weighted by Crippen LogP contribution is 2.24. The van der Waals surface area contributed by atoms with Crippen molar-refractivity contribution in [2.24, 2.45) is 5.92 Å². The van der Waals surface area contributed by atoms with E-state index < -0.39 is 6.04 Å². The molecule has 0 aliphatic heterocycles. The summed E-state index contributed by atoms with van der Waals surface area (Å²) in [6.45, 7) is 4.06. The van der Waals surface area contributed by atoms with Crippen molar-refractivity contribution in [3.63, 3.8) is 0 Å². The van der Waals surface area contributed by atoms with Gasteiger partial charge in [0.15, 0.2) is 0 Å². The van der Waals surface area contributed by atoms with Crippen LogP contribution in [-0.4, -0.2) is 15.9 Å². The molecule has 1 atom stereocenters. The number of hydrogen-bond acceptors (Lipinski definition) is 3. The Morgan fingerprint density at radius 3 is 2.64 bits per heavy atom. The van der Waals surface area contributed by atoms with E-state index in [9.17, 15) is 9.59 Å². The van der Waals surface area contributed by atoms with Gasteiger partial charge in [-0.25, -0.2) is 0 Å². The highest BCUT2D eigenvalue weighted by molar-refractivity contribution is 7.14. The fourth-order valence-corrected chi connectivity index (χ4v) is 4.12. The SMILES string of the molecule is CC1CCC(NC(=O)C(C)n2sc3ccccc3c2=O)CC1. The summed E-state index contributed by atoms with van der Waals surface area (Å²) >= 11 is 1.37. The third-order valence-corrected chi connectivity index (χ3v) is 5.84. The average Bonchev–Trinajstić information content (AvgIpc) is 2.86. The summed E-state index contributed by atoms with van der Waals surface area (Å²) in [5.41, 5.74) is -0.0690. The van der Waals surface area contributed by atoms with Crippen LogP contribution in [0.3, 0.4) is 0 Å². The van der Waals surface area contributed by atoms with Crippen LogP contribution in [0, 0.1) is 5.92 Å². The largest absolute Gasteiger partial charge is 0.352 e. The minimum Gasteiger partial charge on any atom is -0.352 e. The molecular weight excluding hydrogens is 296 g/mol. The maximum absolute atomic E-state index is 12.5. The van der Waals surface area contributed by atoms with Gasteiger partial charge in [-0.1, -0.05) is 30.6 Å². The molecule has 1 fully saturated rings. The molecule has 2 aromatic rings. The summed E-state index contributed by atoms with van der Waals surface area (Å²) in [6.07, 6.45) is 4.42. The Morgan fingerprint density at radius 1 is 1.27 bits per heavy atom. The maximum Gasteiger partial charge on any atom is 0.269 e. The molecule has 22 heavy (non-hydrogen) atoms. The number of fused-ring (bicyclic) bond motifs is 1. The Hall–Kier alpha value is -1.62. The zero-order valence-corrected chi connectivity index (χ0v) is 13.9. The summed E-state index contributed by atoms with van der Waals surface area (Å²) in [6, 6.07) is 7.31. The standard InChI is InChI=1S/C17H22N2O2S/c1-11-7-9-13(10-8-11)18-16(20)12(2)19-17(21)14-5-3-4-6-15(14)22-19/h3-6,11-13H,7-10H2,1-2H3,(H,18,20). The topological polar surface area (TPSA) is 51.1 Å². The average molecular weight is 318 g/mol. The molecule has 1 N–H and O–H groups in total. The Balaban J connectivity index is 1.74. The molecule has 1 aromatic heterocycles. The first-order valence-electron chi connectivity index (χ1n) is 7.97. The molecule has 0 bridgehead atoms. The Kier molecular flexibility index (Phi) is 4.34. The van der Waals surface area contributed by atoms with Crippen LogP contribution in [0.25, 0.3) is 10.1 Å². The lowest BCUT2D eigenvalue weighted by atomic mass is 9.87. The van der Waals surface area contributed by atoms with E-state index >= 15 is 0 Å². The second-order valence-corrected chi connectivity index (χ2v) is 7.38. The van der Waals surface area contributed by atoms with Crippen LogP contribution in [0.1, 0.15) is 45.6 Å². The summed E-state index contributed by atoms with van der Waals surface area (Å²) in [5, 5.41) is 3.81. The summed E-state index contributed by atoms with van der Waals surface area (Å²) in [5.74, 6) is 0.712. The molecule has 1 unspecified atom stereocenters. The summed E-state index contributed by atoms with van der Waals surface area (Å²) in [7, 11) is 0. The van der Waals surface area contributed by atoms with Gasteiger partial charge in [-0.3, -0.25) is 13.5 Å². The van der Waals surface area contributed by atoms with Gasteiger partial charge < -0.3 is 5.32 Å². The van der Waals surface area contributed by atoms with Gasteiger partial charge in [0.2, 0.25) is 5.91 Å². The predicted molar refractivity (Wildman–Crippen MR) is 90.4 cm³/mol. The third-order valence-electron chi connectivity index (χ3n) is 4.61. The second kappa shape index (κ2) is 6.24. The van der Waals surface area contributed by atoms with Gasteiger partial charge in [-0.15, -0.1) is 0 Å². The molecule has 0 spiro atoms. The molecule has 0 saturated heterocycles. The Bertz CT molecular complexity index is 726. The van der Waals surface area contributed by atoms with Crippen molar-refractivity contribution >= 4 is 27.5 Å². The normalized spacial score (nSPS) is 23.4. The first kappa shape index (κ1) is 15.3. The van der Waals surface area contributed by atoms with Crippen LogP contribution < -0.4 is 10.9 Å². The van der Waals surface area contributed by atoms with E-state index in [1.165, 1.54) is 24.4 Å². The number of aromatic nitrogens is 1. The second-order valence-electron chi connectivity index (χ2n) is 6.36. The lowest BCUT2D eigenvalue weighted by Crippen LogP contribution is -2.41. The number of benzene rings is 1. The van der Waals surface area contributed by atoms with E-state index in [0.717, 1.165) is 23.5 Å². The van der Waals surface area contributed by atoms with E-state index in [0.29, 0.717) is 5.39 Å². The number of nitrogens with one attached hydrogen (secondary N) is 1. The van der Waals surface area contributed by atoms with Crippen molar-refractivity contribution in [2.45, 2.75) is 51.6 Å². The lowest BCUT2D eigenvalue weighted by molar-refractivity contribution is -0.124. The first-order valence-corrected chi connectivity index (χ1v) is 8.74. The number of carbonyl (C=O) groups excluding carboxylic acids is 1. The number of nitrogens with zero attached hydrogens (tertiary/aromatic N) is 1. The smallest absolute Gasteiger partial charge is 0.269 e. The van der Waals surface area contributed by atoms with Gasteiger partial charge >= 0.3 is 0 Å². The van der Waals surface area contributed by atoms with Crippen molar-refractivity contribution in [3.8, 4) is 0 Å². The van der Waals surface area contributed by atoms with E-state index in [1.54, 1.807) is 10.9 Å². The van der Waals surface area contributed by atoms with Gasteiger partial charge in [-0.05, 0) is 50.7 Å². The number of rotatable bonds is 3. The van der Waals surface area contributed by atoms with Crippen molar-refractivity contribution in [3.05, 3.63) is 34.6 Å². The van der Waals surface area contributed by atoms with Crippen LogP contribution in [0.15, 0.2) is 29.1 Å². The molecule has 5 heteroatoms. The molecule has 1 aliphatic rings. The minimum atomic E-state index is -0.454. The quantitative estimate of drug-likeness (QED) is 0.944. The monoisotopic (exact) mass is 318 g/mol. The van der Waals surface area contributed by atoms with E-state index in [1.807, 2.05) is 24.3 Å². The van der Waals surface area contributed by atoms with Crippen molar-refractivity contribution in [1.82, 2.24) is 9.27 Å². The predicted octanol–water partition coefficient (Wildman–Crippen LogP) is 3.32. The molecule has 0 radical (unpaired) electrons.